The second-order valence-electron chi connectivity index (χ2n) is 11.3. The summed E-state index contributed by atoms with van der Waals surface area (Å²) in [4.78, 5) is 47.6. The lowest BCUT2D eigenvalue weighted by atomic mass is 9.99. The number of aromatic amines is 1. The summed E-state index contributed by atoms with van der Waals surface area (Å²) in [5.74, 6) is -0.639. The molecule has 244 valence electrons. The van der Waals surface area contributed by atoms with E-state index in [0.29, 0.717) is 6.42 Å². The van der Waals surface area contributed by atoms with Gasteiger partial charge in [-0.25, -0.2) is 9.55 Å². The highest BCUT2D eigenvalue weighted by atomic mass is 31.2. The smallest absolute Gasteiger partial charge is 0.459 e. The molecule has 3 atom stereocenters. The van der Waals surface area contributed by atoms with Crippen LogP contribution in [0.25, 0.3) is 17.4 Å². The summed E-state index contributed by atoms with van der Waals surface area (Å²) in [6.45, 7) is 6.99. The minimum absolute atomic E-state index is 0.0677. The number of fused-ring (bicyclic) bond motifs is 1. The average Bonchev–Trinajstić information content (AvgIpc) is 3.53. The van der Waals surface area contributed by atoms with Gasteiger partial charge in [0.15, 0.2) is 11.2 Å². The van der Waals surface area contributed by atoms with E-state index < -0.39 is 36.7 Å². The lowest BCUT2D eigenvalue weighted by molar-refractivity contribution is -0.147. The van der Waals surface area contributed by atoms with E-state index in [1.807, 2.05) is 0 Å². The number of hydrogen-bond acceptors (Lipinski definition) is 11. The van der Waals surface area contributed by atoms with Gasteiger partial charge >= 0.3 is 19.7 Å². The van der Waals surface area contributed by atoms with Crippen LogP contribution in [0.2, 0.25) is 0 Å². The number of imidazole rings is 1. The number of aromatic nitrogens is 4. The second-order valence-corrected chi connectivity index (χ2v) is 13.0. The molecule has 1 aliphatic carbocycles. The van der Waals surface area contributed by atoms with Crippen molar-refractivity contribution in [3.8, 4) is 5.75 Å². The first-order chi connectivity index (χ1) is 21.5. The number of esters is 2. The minimum atomic E-state index is -4.19. The van der Waals surface area contributed by atoms with E-state index in [9.17, 15) is 18.9 Å². The maximum atomic E-state index is 14.2. The standard InChI is InChI=1S/C30H41N6O8P/c1-5-10-22(11-6-2)16-41-28(39)20(3)35-45(40,44-24-12-8-7-9-13-24)43-18-30(17-42-21(4)37)14-23(30)15-36-19-32-25-26(36)33-29(31)34-27(25)38/h7-9,12-13,15,19-20,22H,5-6,10-11,14,16-18H2,1-4H3,(H,35,40)(H3,31,33,34,38)/b23-15-/t20-,30-,45?/m0/s1. The van der Waals surface area contributed by atoms with Crippen molar-refractivity contribution in [2.24, 2.45) is 11.3 Å². The van der Waals surface area contributed by atoms with Crippen molar-refractivity contribution in [2.75, 3.05) is 25.6 Å². The van der Waals surface area contributed by atoms with Crippen LogP contribution in [0.1, 0.15) is 59.8 Å². The Bertz CT molecular complexity index is 1620. The van der Waals surface area contributed by atoms with Gasteiger partial charge < -0.3 is 19.7 Å². The summed E-state index contributed by atoms with van der Waals surface area (Å²) < 4.78 is 38.4. The van der Waals surface area contributed by atoms with E-state index >= 15 is 0 Å². The summed E-state index contributed by atoms with van der Waals surface area (Å²) in [5, 5.41) is 2.72. The lowest BCUT2D eigenvalue weighted by Gasteiger charge is -2.25. The third kappa shape index (κ3) is 9.03. The highest BCUT2D eigenvalue weighted by molar-refractivity contribution is 7.52. The molecule has 1 aliphatic rings. The molecule has 0 saturated heterocycles. The molecule has 1 aromatic carbocycles. The molecule has 0 aliphatic heterocycles. The van der Waals surface area contributed by atoms with Crippen LogP contribution in [0.3, 0.4) is 0 Å². The summed E-state index contributed by atoms with van der Waals surface area (Å²) in [6.07, 6.45) is 7.35. The van der Waals surface area contributed by atoms with Gasteiger partial charge in [-0.05, 0) is 49.8 Å². The van der Waals surface area contributed by atoms with Crippen molar-refractivity contribution < 1.29 is 32.7 Å². The first-order valence-corrected chi connectivity index (χ1v) is 16.5. The van der Waals surface area contributed by atoms with Gasteiger partial charge in [-0.15, -0.1) is 0 Å². The van der Waals surface area contributed by atoms with Gasteiger partial charge in [0.2, 0.25) is 5.95 Å². The van der Waals surface area contributed by atoms with Gasteiger partial charge in [-0.3, -0.25) is 28.5 Å². The van der Waals surface area contributed by atoms with Crippen LogP contribution in [0, 0.1) is 11.3 Å². The molecule has 3 aromatic rings. The number of nitrogens with one attached hydrogen (secondary N) is 2. The predicted molar refractivity (Wildman–Crippen MR) is 168 cm³/mol. The largest absolute Gasteiger partial charge is 0.465 e. The SMILES string of the molecule is CCCC(CCC)COC(=O)[C@H](C)NP(=O)(OC[C@@]1(COC(C)=O)C/C1=C/n1cnc2c(=O)[nH]c(N)nc21)Oc1ccccc1. The fourth-order valence-corrected chi connectivity index (χ4v) is 6.51. The van der Waals surface area contributed by atoms with Crippen LogP contribution in [0.4, 0.5) is 5.95 Å². The first-order valence-electron chi connectivity index (χ1n) is 15.0. The van der Waals surface area contributed by atoms with Crippen molar-refractivity contribution in [1.29, 1.82) is 0 Å². The summed E-state index contributed by atoms with van der Waals surface area (Å²) >= 11 is 0. The van der Waals surface area contributed by atoms with Gasteiger partial charge in [0.1, 0.15) is 24.7 Å². The molecule has 15 heteroatoms. The Balaban J connectivity index is 1.54. The maximum Gasteiger partial charge on any atom is 0.459 e. The summed E-state index contributed by atoms with van der Waals surface area (Å²) in [7, 11) is -4.19. The van der Waals surface area contributed by atoms with Crippen molar-refractivity contribution in [1.82, 2.24) is 24.6 Å². The fraction of sp³-hybridized carbons (Fsp3) is 0.500. The van der Waals surface area contributed by atoms with E-state index in [4.69, 9.17) is 24.3 Å². The lowest BCUT2D eigenvalue weighted by Crippen LogP contribution is -2.36. The number of carbonyl (C=O) groups excluding carboxylic acids is 2. The third-order valence-electron chi connectivity index (χ3n) is 7.42. The van der Waals surface area contributed by atoms with Crippen LogP contribution in [-0.4, -0.2) is 57.3 Å². The van der Waals surface area contributed by atoms with E-state index in [2.05, 4.69) is 33.9 Å². The number of para-hydroxylation sites is 1. The van der Waals surface area contributed by atoms with Gasteiger partial charge in [-0.2, -0.15) is 10.1 Å². The molecule has 0 radical (unpaired) electrons. The number of hydrogen-bond donors (Lipinski definition) is 3. The molecule has 1 unspecified atom stereocenters. The van der Waals surface area contributed by atoms with E-state index in [1.54, 1.807) is 36.5 Å². The van der Waals surface area contributed by atoms with Crippen molar-refractivity contribution in [3.63, 3.8) is 0 Å². The van der Waals surface area contributed by atoms with Crippen LogP contribution in [0.15, 0.2) is 47.0 Å². The zero-order chi connectivity index (χ0) is 32.6. The molecular formula is C30H41N6O8P. The van der Waals surface area contributed by atoms with Gasteiger partial charge in [0.25, 0.3) is 5.56 Å². The molecule has 14 nitrogen and oxygen atoms in total. The maximum absolute atomic E-state index is 14.2. The molecule has 0 amide bonds. The predicted octanol–water partition coefficient (Wildman–Crippen LogP) is 4.44. The Morgan fingerprint density at radius 2 is 1.89 bits per heavy atom. The topological polar surface area (TPSA) is 190 Å². The quantitative estimate of drug-likeness (QED) is 0.139. The van der Waals surface area contributed by atoms with Gasteiger partial charge in [0, 0.05) is 13.1 Å². The second kappa shape index (κ2) is 14.9. The molecular weight excluding hydrogens is 603 g/mol. The Morgan fingerprint density at radius 1 is 1.18 bits per heavy atom. The van der Waals surface area contributed by atoms with Crippen LogP contribution < -0.4 is 20.9 Å². The Labute approximate surface area is 261 Å². The molecule has 0 bridgehead atoms. The van der Waals surface area contributed by atoms with E-state index in [0.717, 1.165) is 31.3 Å². The summed E-state index contributed by atoms with van der Waals surface area (Å²) in [5.41, 5.74) is 5.46. The number of rotatable bonds is 17. The molecule has 4 N–H and O–H groups in total. The molecule has 2 heterocycles. The Hall–Kier alpha value is -4.00. The van der Waals surface area contributed by atoms with Crippen LogP contribution in [0.5, 0.6) is 5.75 Å². The monoisotopic (exact) mass is 644 g/mol. The highest BCUT2D eigenvalue weighted by Gasteiger charge is 2.52. The number of carbonyl (C=O) groups is 2. The van der Waals surface area contributed by atoms with E-state index in [1.165, 1.54) is 24.7 Å². The zero-order valence-corrected chi connectivity index (χ0v) is 26.9. The third-order valence-corrected chi connectivity index (χ3v) is 9.05. The Kier molecular flexibility index (Phi) is 11.2. The van der Waals surface area contributed by atoms with Crippen LogP contribution in [-0.2, 0) is 28.2 Å². The average molecular weight is 645 g/mol. The number of ether oxygens (including phenoxy) is 2. The normalized spacial score (nSPS) is 18.9. The van der Waals surface area contributed by atoms with Gasteiger partial charge in [0.05, 0.1) is 18.6 Å². The zero-order valence-electron chi connectivity index (χ0n) is 26.0. The number of anilines is 1. The van der Waals surface area contributed by atoms with Crippen molar-refractivity contribution >= 4 is 43.0 Å². The van der Waals surface area contributed by atoms with Crippen molar-refractivity contribution in [2.45, 2.75) is 65.8 Å². The molecule has 1 fully saturated rings. The number of H-pyrrole nitrogens is 1. The minimum Gasteiger partial charge on any atom is -0.465 e. The first kappa shape index (κ1) is 33.9. The highest BCUT2D eigenvalue weighted by Crippen LogP contribution is 2.56. The van der Waals surface area contributed by atoms with Gasteiger partial charge in [-0.1, -0.05) is 44.9 Å². The van der Waals surface area contributed by atoms with E-state index in [-0.39, 0.29) is 48.6 Å². The van der Waals surface area contributed by atoms with Crippen LogP contribution >= 0.6 is 7.75 Å². The van der Waals surface area contributed by atoms with Crippen molar-refractivity contribution in [3.05, 3.63) is 52.6 Å². The molecule has 2 aromatic heterocycles. The summed E-state index contributed by atoms with van der Waals surface area (Å²) in [6, 6.07) is 7.41. The Morgan fingerprint density at radius 3 is 2.56 bits per heavy atom. The number of benzene rings is 1. The number of nitrogen functional groups attached to an aromatic ring is 1. The number of nitrogens with zero attached hydrogens (tertiary/aromatic N) is 3. The fourth-order valence-electron chi connectivity index (χ4n) is 4.94. The molecule has 0 spiro atoms. The number of nitrogens with two attached hydrogens (primary N) is 1. The molecule has 4 rings (SSSR count). The molecule has 1 saturated carbocycles. The molecule has 45 heavy (non-hydrogen) atoms.